The fourth-order valence-electron chi connectivity index (χ4n) is 3.69. The smallest absolute Gasteiger partial charge is 0.0590 e. The van der Waals surface area contributed by atoms with E-state index >= 15 is 0 Å². The van der Waals surface area contributed by atoms with Crippen molar-refractivity contribution in [2.75, 3.05) is 0 Å². The highest BCUT2D eigenvalue weighted by molar-refractivity contribution is 6.21. The largest absolute Gasteiger partial charge is 0.118 e. The van der Waals surface area contributed by atoms with Crippen LogP contribution in [0.1, 0.15) is 72.6 Å². The van der Waals surface area contributed by atoms with Crippen LogP contribution < -0.4 is 0 Å². The van der Waals surface area contributed by atoms with E-state index in [1.54, 1.807) is 0 Å². The first-order chi connectivity index (χ1) is 9.08. The first kappa shape index (κ1) is 14.9. The lowest BCUT2D eigenvalue weighted by Gasteiger charge is -2.23. The quantitative estimate of drug-likeness (QED) is 0.571. The van der Waals surface area contributed by atoms with Gasteiger partial charge in [0.2, 0.25) is 0 Å². The molecule has 0 radical (unpaired) electrons. The van der Waals surface area contributed by atoms with Crippen LogP contribution in [0.15, 0.2) is 12.1 Å². The lowest BCUT2D eigenvalue weighted by molar-refractivity contribution is 0.331. The lowest BCUT2D eigenvalue weighted by atomic mass is 9.84. The van der Waals surface area contributed by atoms with Crippen LogP contribution in [0, 0.1) is 26.7 Å². The molecule has 0 saturated heterocycles. The molecule has 0 bridgehead atoms. The van der Waals surface area contributed by atoms with Gasteiger partial charge in [0, 0.05) is 0 Å². The third kappa shape index (κ3) is 3.99. The Hall–Kier alpha value is -0.490. The summed E-state index contributed by atoms with van der Waals surface area (Å²) >= 11 is 6.69. The number of benzene rings is 1. The number of hydrogen-bond donors (Lipinski definition) is 0. The van der Waals surface area contributed by atoms with Crippen molar-refractivity contribution in [1.29, 1.82) is 0 Å². The van der Waals surface area contributed by atoms with Gasteiger partial charge in [-0.15, -0.1) is 11.6 Å². The van der Waals surface area contributed by atoms with Gasteiger partial charge in [-0.1, -0.05) is 49.8 Å². The zero-order chi connectivity index (χ0) is 13.8. The van der Waals surface area contributed by atoms with Gasteiger partial charge in [0.05, 0.1) is 5.38 Å². The van der Waals surface area contributed by atoms with Crippen LogP contribution in [0.3, 0.4) is 0 Å². The monoisotopic (exact) mass is 278 g/mol. The normalized spacial score (nSPS) is 18.5. The van der Waals surface area contributed by atoms with E-state index in [4.69, 9.17) is 11.6 Å². The van der Waals surface area contributed by atoms with Gasteiger partial charge in [0.25, 0.3) is 0 Å². The van der Waals surface area contributed by atoms with Crippen molar-refractivity contribution < 1.29 is 0 Å². The van der Waals surface area contributed by atoms with Gasteiger partial charge in [-0.3, -0.25) is 0 Å². The van der Waals surface area contributed by atoms with Crippen LogP contribution in [0.25, 0.3) is 0 Å². The Bertz CT molecular complexity index is 393. The van der Waals surface area contributed by atoms with Crippen LogP contribution in [-0.2, 0) is 0 Å². The van der Waals surface area contributed by atoms with E-state index in [-0.39, 0.29) is 5.38 Å². The summed E-state index contributed by atoms with van der Waals surface area (Å²) in [4.78, 5) is 0. The summed E-state index contributed by atoms with van der Waals surface area (Å²) in [7, 11) is 0. The molecular weight excluding hydrogens is 252 g/mol. The van der Waals surface area contributed by atoms with Gasteiger partial charge in [-0.05, 0) is 56.2 Å². The minimum atomic E-state index is 0.197. The molecule has 0 heterocycles. The second kappa shape index (κ2) is 6.79. The van der Waals surface area contributed by atoms with Gasteiger partial charge in [0.15, 0.2) is 0 Å². The minimum absolute atomic E-state index is 0.197. The zero-order valence-corrected chi connectivity index (χ0v) is 13.4. The average Bonchev–Trinajstić information content (AvgIpc) is 2.36. The predicted molar refractivity (Wildman–Crippen MR) is 85.1 cm³/mol. The molecule has 0 amide bonds. The Kier molecular flexibility index (Phi) is 5.33. The molecule has 1 aliphatic rings. The van der Waals surface area contributed by atoms with E-state index in [1.807, 2.05) is 0 Å². The molecule has 1 aromatic rings. The van der Waals surface area contributed by atoms with Gasteiger partial charge in [0.1, 0.15) is 0 Å². The van der Waals surface area contributed by atoms with Crippen molar-refractivity contribution in [2.24, 2.45) is 5.92 Å². The maximum atomic E-state index is 6.69. The number of aryl methyl sites for hydroxylation is 3. The summed E-state index contributed by atoms with van der Waals surface area (Å²) < 4.78 is 0. The van der Waals surface area contributed by atoms with Gasteiger partial charge >= 0.3 is 0 Å². The fourth-order valence-corrected chi connectivity index (χ4v) is 4.16. The zero-order valence-electron chi connectivity index (χ0n) is 12.6. The maximum Gasteiger partial charge on any atom is 0.0590 e. The summed E-state index contributed by atoms with van der Waals surface area (Å²) in [6.07, 6.45) is 9.60. The molecule has 1 fully saturated rings. The molecule has 1 aliphatic carbocycles. The van der Waals surface area contributed by atoms with Gasteiger partial charge in [-0.25, -0.2) is 0 Å². The van der Waals surface area contributed by atoms with Gasteiger partial charge in [-0.2, -0.15) is 0 Å². The Balaban J connectivity index is 1.97. The number of rotatable bonds is 4. The summed E-state index contributed by atoms with van der Waals surface area (Å²) in [5.41, 5.74) is 5.44. The molecule has 1 saturated carbocycles. The number of halogens is 1. The molecule has 0 nitrogen and oxygen atoms in total. The van der Waals surface area contributed by atoms with E-state index in [0.717, 1.165) is 12.3 Å². The van der Waals surface area contributed by atoms with Crippen LogP contribution in [-0.4, -0.2) is 0 Å². The highest BCUT2D eigenvalue weighted by Gasteiger charge is 2.18. The van der Waals surface area contributed by atoms with Crippen molar-refractivity contribution in [3.63, 3.8) is 0 Å². The fraction of sp³-hybridized carbons (Fsp3) is 0.667. The van der Waals surface area contributed by atoms with E-state index < -0.39 is 0 Å². The van der Waals surface area contributed by atoms with Crippen LogP contribution >= 0.6 is 11.6 Å². The Morgan fingerprint density at radius 3 is 2.21 bits per heavy atom. The first-order valence-corrected chi connectivity index (χ1v) is 8.23. The molecule has 2 rings (SSSR count). The van der Waals surface area contributed by atoms with E-state index in [0.29, 0.717) is 0 Å². The highest BCUT2D eigenvalue weighted by atomic mass is 35.5. The van der Waals surface area contributed by atoms with E-state index in [1.165, 1.54) is 60.8 Å². The second-order valence-electron chi connectivity index (χ2n) is 6.36. The predicted octanol–water partition coefficient (Wildman–Crippen LogP) is 6.25. The maximum absolute atomic E-state index is 6.69. The first-order valence-electron chi connectivity index (χ1n) is 7.79. The Labute approximate surface area is 123 Å². The minimum Gasteiger partial charge on any atom is -0.118 e. The van der Waals surface area contributed by atoms with Crippen LogP contribution in [0.5, 0.6) is 0 Å². The Morgan fingerprint density at radius 2 is 1.63 bits per heavy atom. The van der Waals surface area contributed by atoms with E-state index in [9.17, 15) is 0 Å². The van der Waals surface area contributed by atoms with Crippen molar-refractivity contribution >= 4 is 11.6 Å². The van der Waals surface area contributed by atoms with E-state index in [2.05, 4.69) is 32.9 Å². The van der Waals surface area contributed by atoms with Crippen LogP contribution in [0.4, 0.5) is 0 Å². The molecule has 1 aromatic carbocycles. The second-order valence-corrected chi connectivity index (χ2v) is 6.89. The summed E-state index contributed by atoms with van der Waals surface area (Å²) in [5.74, 6) is 0.932. The van der Waals surface area contributed by atoms with Crippen molar-refractivity contribution in [3.8, 4) is 0 Å². The van der Waals surface area contributed by atoms with Gasteiger partial charge < -0.3 is 0 Å². The molecule has 0 N–H and O–H groups in total. The van der Waals surface area contributed by atoms with Crippen molar-refractivity contribution in [3.05, 3.63) is 34.4 Å². The summed E-state index contributed by atoms with van der Waals surface area (Å²) in [6, 6.07) is 4.52. The molecule has 0 aromatic heterocycles. The standard InChI is InChI=1S/C18H27Cl/c1-13-11-14(2)18(15(3)12-13)17(19)10-9-16-7-5-4-6-8-16/h11-12,16-17H,4-10H2,1-3H3. The molecule has 19 heavy (non-hydrogen) atoms. The number of hydrogen-bond acceptors (Lipinski definition) is 0. The topological polar surface area (TPSA) is 0 Å². The molecule has 0 spiro atoms. The molecule has 1 heteroatoms. The average molecular weight is 279 g/mol. The molecule has 1 unspecified atom stereocenters. The summed E-state index contributed by atoms with van der Waals surface area (Å²) in [5, 5.41) is 0.197. The molecule has 1 atom stereocenters. The highest BCUT2D eigenvalue weighted by Crippen LogP contribution is 2.35. The Morgan fingerprint density at radius 1 is 1.05 bits per heavy atom. The third-order valence-corrected chi connectivity index (χ3v) is 5.04. The van der Waals surface area contributed by atoms with Crippen molar-refractivity contribution in [1.82, 2.24) is 0 Å². The molecule has 106 valence electrons. The van der Waals surface area contributed by atoms with Crippen molar-refractivity contribution in [2.45, 2.75) is 71.1 Å². The molecular formula is C18H27Cl. The molecule has 0 aliphatic heterocycles. The number of alkyl halides is 1. The lowest BCUT2D eigenvalue weighted by Crippen LogP contribution is -2.08. The summed E-state index contributed by atoms with van der Waals surface area (Å²) in [6.45, 7) is 6.56. The van der Waals surface area contributed by atoms with Crippen LogP contribution in [0.2, 0.25) is 0 Å². The third-order valence-electron chi connectivity index (χ3n) is 4.60. The SMILES string of the molecule is Cc1cc(C)c(C(Cl)CCC2CCCCC2)c(C)c1.